The first-order valence-corrected chi connectivity index (χ1v) is 7.00. The van der Waals surface area contributed by atoms with Crippen LogP contribution in [0.3, 0.4) is 0 Å². The summed E-state index contributed by atoms with van der Waals surface area (Å²) in [7, 11) is 0. The van der Waals surface area contributed by atoms with Crippen molar-refractivity contribution in [1.29, 1.82) is 5.26 Å². The maximum atomic E-state index is 13.0. The second-order valence-electron chi connectivity index (χ2n) is 5.64. The molecule has 1 saturated heterocycles. The number of ether oxygens (including phenoxy) is 1. The molecule has 0 aromatic rings. The molecule has 1 aliphatic rings. The molecule has 1 fully saturated rings. The third-order valence-corrected chi connectivity index (χ3v) is 3.87. The summed E-state index contributed by atoms with van der Waals surface area (Å²) in [6.07, 6.45) is -0.410. The van der Waals surface area contributed by atoms with E-state index in [-0.39, 0.29) is 24.8 Å². The molecule has 0 N–H and O–H groups in total. The monoisotopic (exact) mass is 288 g/mol. The van der Waals surface area contributed by atoms with Crippen molar-refractivity contribution >= 4 is 6.09 Å². The lowest BCUT2D eigenvalue weighted by Crippen LogP contribution is -2.45. The molecule has 20 heavy (non-hydrogen) atoms. The van der Waals surface area contributed by atoms with Gasteiger partial charge in [-0.05, 0) is 18.3 Å². The van der Waals surface area contributed by atoms with E-state index < -0.39 is 18.6 Å². The number of nitriles is 1. The summed E-state index contributed by atoms with van der Waals surface area (Å²) >= 11 is 0. The second-order valence-corrected chi connectivity index (χ2v) is 5.64. The fourth-order valence-corrected chi connectivity index (χ4v) is 2.43. The smallest absolute Gasteiger partial charge is 0.410 e. The predicted octanol–water partition coefficient (Wildman–Crippen LogP) is 3.29. The van der Waals surface area contributed by atoms with E-state index in [9.17, 15) is 13.6 Å². The van der Waals surface area contributed by atoms with E-state index in [0.29, 0.717) is 18.9 Å². The number of piperidine rings is 1. The molecule has 1 rings (SSSR count). The Morgan fingerprint density at radius 2 is 2.20 bits per heavy atom. The molecule has 0 aromatic carbocycles. The average molecular weight is 288 g/mol. The van der Waals surface area contributed by atoms with Crippen molar-refractivity contribution in [3.63, 3.8) is 0 Å². The molecule has 4 nitrogen and oxygen atoms in total. The first kappa shape index (κ1) is 16.7. The van der Waals surface area contributed by atoms with Gasteiger partial charge in [-0.1, -0.05) is 20.8 Å². The number of rotatable bonds is 4. The molecule has 0 spiro atoms. The van der Waals surface area contributed by atoms with Crippen LogP contribution in [-0.4, -0.2) is 36.6 Å². The van der Waals surface area contributed by atoms with Gasteiger partial charge in [-0.15, -0.1) is 0 Å². The first-order chi connectivity index (χ1) is 9.30. The van der Waals surface area contributed by atoms with Crippen molar-refractivity contribution in [2.75, 3.05) is 19.7 Å². The van der Waals surface area contributed by atoms with E-state index in [1.54, 1.807) is 0 Å². The van der Waals surface area contributed by atoms with E-state index in [0.717, 1.165) is 0 Å². The third kappa shape index (κ3) is 4.32. The highest BCUT2D eigenvalue weighted by Gasteiger charge is 2.35. The minimum Gasteiger partial charge on any atom is -0.443 e. The largest absolute Gasteiger partial charge is 0.443 e. The number of hydrogen-bond acceptors (Lipinski definition) is 3. The van der Waals surface area contributed by atoms with E-state index >= 15 is 0 Å². The molecule has 1 heterocycles. The lowest BCUT2D eigenvalue weighted by molar-refractivity contribution is -0.0645. The number of halogens is 2. The van der Waals surface area contributed by atoms with Crippen LogP contribution in [0, 0.1) is 29.1 Å². The van der Waals surface area contributed by atoms with Crippen molar-refractivity contribution in [3.05, 3.63) is 0 Å². The van der Waals surface area contributed by atoms with Gasteiger partial charge in [0.1, 0.15) is 0 Å². The molecule has 0 radical (unpaired) electrons. The average Bonchev–Trinajstić information content (AvgIpc) is 2.43. The van der Waals surface area contributed by atoms with Gasteiger partial charge in [0.15, 0.2) is 6.61 Å². The zero-order valence-corrected chi connectivity index (χ0v) is 12.2. The number of amides is 1. The Bertz CT molecular complexity index is 380. The van der Waals surface area contributed by atoms with Crippen LogP contribution in [0.2, 0.25) is 0 Å². The van der Waals surface area contributed by atoms with Gasteiger partial charge >= 0.3 is 6.09 Å². The van der Waals surface area contributed by atoms with Gasteiger partial charge in [-0.3, -0.25) is 0 Å². The van der Waals surface area contributed by atoms with Crippen molar-refractivity contribution in [2.24, 2.45) is 17.8 Å². The maximum absolute atomic E-state index is 13.0. The van der Waals surface area contributed by atoms with Gasteiger partial charge in [0.25, 0.3) is 5.92 Å². The molecule has 0 aliphatic carbocycles. The van der Waals surface area contributed by atoms with Crippen LogP contribution >= 0.6 is 0 Å². The Morgan fingerprint density at radius 3 is 2.70 bits per heavy atom. The molecule has 6 heteroatoms. The number of nitrogens with zero attached hydrogens (tertiary/aromatic N) is 2. The van der Waals surface area contributed by atoms with Gasteiger partial charge in [-0.2, -0.15) is 5.26 Å². The topological polar surface area (TPSA) is 53.3 Å². The Balaban J connectivity index is 2.54. The van der Waals surface area contributed by atoms with E-state index in [4.69, 9.17) is 5.26 Å². The number of hydrogen-bond donors (Lipinski definition) is 0. The highest BCUT2D eigenvalue weighted by atomic mass is 19.3. The molecular formula is C14H22F2N2O2. The zero-order valence-electron chi connectivity index (χ0n) is 12.2. The van der Waals surface area contributed by atoms with Crippen molar-refractivity contribution < 1.29 is 18.3 Å². The number of alkyl halides is 2. The summed E-state index contributed by atoms with van der Waals surface area (Å²) < 4.78 is 30.7. The van der Waals surface area contributed by atoms with Crippen LogP contribution in [0.1, 0.15) is 33.6 Å². The Labute approximate surface area is 118 Å². The van der Waals surface area contributed by atoms with Gasteiger partial charge in [0.2, 0.25) is 0 Å². The maximum Gasteiger partial charge on any atom is 0.410 e. The first-order valence-electron chi connectivity index (χ1n) is 7.00. The number of carbonyl (C=O) groups is 1. The van der Waals surface area contributed by atoms with Crippen LogP contribution in [0.5, 0.6) is 0 Å². The quantitative estimate of drug-likeness (QED) is 0.797. The van der Waals surface area contributed by atoms with Gasteiger partial charge in [0.05, 0.1) is 12.0 Å². The van der Waals surface area contributed by atoms with Crippen LogP contribution in [0.15, 0.2) is 0 Å². The lowest BCUT2D eigenvalue weighted by atomic mass is 9.79. The molecular weight excluding hydrogens is 266 g/mol. The summed E-state index contributed by atoms with van der Waals surface area (Å²) in [5.74, 6) is -2.65. The fourth-order valence-electron chi connectivity index (χ4n) is 2.43. The van der Waals surface area contributed by atoms with Gasteiger partial charge < -0.3 is 9.64 Å². The van der Waals surface area contributed by atoms with Crippen molar-refractivity contribution in [2.45, 2.75) is 39.5 Å². The molecule has 114 valence electrons. The summed E-state index contributed by atoms with van der Waals surface area (Å²) in [4.78, 5) is 13.1. The molecule has 0 aromatic heterocycles. The Morgan fingerprint density at radius 1 is 1.55 bits per heavy atom. The van der Waals surface area contributed by atoms with E-state index in [1.165, 1.54) is 11.8 Å². The second kappa shape index (κ2) is 6.87. The normalized spacial score (nSPS) is 23.6. The Kier molecular flexibility index (Phi) is 5.73. The molecule has 0 bridgehead atoms. The molecule has 2 atom stereocenters. The van der Waals surface area contributed by atoms with E-state index in [1.807, 2.05) is 13.8 Å². The van der Waals surface area contributed by atoms with Crippen LogP contribution in [0.25, 0.3) is 0 Å². The van der Waals surface area contributed by atoms with E-state index in [2.05, 4.69) is 10.8 Å². The number of carbonyl (C=O) groups excluding carboxylic acids is 1. The SMILES string of the molecule is CCC(F)(F)COC(=O)N1CCC(C(C)C)C(C#N)C1. The minimum atomic E-state index is -2.99. The van der Waals surface area contributed by atoms with Crippen molar-refractivity contribution in [1.82, 2.24) is 4.90 Å². The molecule has 1 aliphatic heterocycles. The van der Waals surface area contributed by atoms with Gasteiger partial charge in [-0.25, -0.2) is 13.6 Å². The molecule has 2 unspecified atom stereocenters. The van der Waals surface area contributed by atoms with Crippen molar-refractivity contribution in [3.8, 4) is 6.07 Å². The molecule has 1 amide bonds. The highest BCUT2D eigenvalue weighted by Crippen LogP contribution is 2.30. The van der Waals surface area contributed by atoms with Crippen LogP contribution in [-0.2, 0) is 4.74 Å². The van der Waals surface area contributed by atoms with Crippen LogP contribution < -0.4 is 0 Å². The molecule has 0 saturated carbocycles. The minimum absolute atomic E-state index is 0.237. The fraction of sp³-hybridized carbons (Fsp3) is 0.857. The Hall–Kier alpha value is -1.38. The standard InChI is InChI=1S/C14H22F2N2O2/c1-4-14(15,16)9-20-13(19)18-6-5-12(10(2)3)11(7-17)8-18/h10-12H,4-6,8-9H2,1-3H3. The van der Waals surface area contributed by atoms with Crippen LogP contribution in [0.4, 0.5) is 13.6 Å². The lowest BCUT2D eigenvalue weighted by Gasteiger charge is -2.36. The summed E-state index contributed by atoms with van der Waals surface area (Å²) in [6.45, 7) is 5.25. The van der Waals surface area contributed by atoms with Gasteiger partial charge in [0, 0.05) is 19.5 Å². The summed E-state index contributed by atoms with van der Waals surface area (Å²) in [5.41, 5.74) is 0. The summed E-state index contributed by atoms with van der Waals surface area (Å²) in [5, 5.41) is 9.16. The third-order valence-electron chi connectivity index (χ3n) is 3.87. The highest BCUT2D eigenvalue weighted by molar-refractivity contribution is 5.67. The number of likely N-dealkylation sites (tertiary alicyclic amines) is 1. The predicted molar refractivity (Wildman–Crippen MR) is 70.2 cm³/mol. The zero-order chi connectivity index (χ0) is 15.3. The summed E-state index contributed by atoms with van der Waals surface area (Å²) in [6, 6.07) is 2.21.